The van der Waals surface area contributed by atoms with Gasteiger partial charge in [0.25, 0.3) is 0 Å². The number of aromatic nitrogens is 7. The van der Waals surface area contributed by atoms with E-state index in [-0.39, 0.29) is 30.5 Å². The van der Waals surface area contributed by atoms with Crippen molar-refractivity contribution in [2.24, 2.45) is 0 Å². The molecular weight excluding hydrogens is 491 g/mol. The number of rotatable bonds is 7. The summed E-state index contributed by atoms with van der Waals surface area (Å²) in [6.07, 6.45) is 6.49. The zero-order chi connectivity index (χ0) is 24.9. The van der Waals surface area contributed by atoms with Crippen LogP contribution in [0.2, 0.25) is 0 Å². The summed E-state index contributed by atoms with van der Waals surface area (Å²) in [6.45, 7) is 0.0668. The van der Waals surface area contributed by atoms with Crippen LogP contribution in [-0.4, -0.2) is 63.0 Å². The summed E-state index contributed by atoms with van der Waals surface area (Å²) >= 11 is 0. The highest BCUT2D eigenvalue weighted by Gasteiger charge is 2.47. The number of carbonyl (C=O) groups excluding carboxylic acids is 1. The molecule has 1 saturated heterocycles. The lowest BCUT2D eigenvalue weighted by Gasteiger charge is -2.16. The first kappa shape index (κ1) is 22.5. The monoisotopic (exact) mass is 510 g/mol. The Morgan fingerprint density at radius 1 is 1.17 bits per heavy atom. The summed E-state index contributed by atoms with van der Waals surface area (Å²) in [5.41, 5.74) is 3.97. The van der Waals surface area contributed by atoms with E-state index in [2.05, 4.69) is 36.2 Å². The van der Waals surface area contributed by atoms with E-state index < -0.39 is 7.82 Å². The molecule has 1 fully saturated rings. The molecule has 0 bridgehead atoms. The van der Waals surface area contributed by atoms with Gasteiger partial charge in [-0.1, -0.05) is 16.5 Å². The SMILES string of the molecule is O=C1O[C@@H](Cn2ccnn2)[C@@H]2Cc3cc(-c4ccc(-n5cc(COP(=O)(O)O)nn5)nc4)ccc3N12. The molecule has 5 heterocycles. The van der Waals surface area contributed by atoms with Gasteiger partial charge in [-0.2, -0.15) is 0 Å². The fraction of sp³-hybridized carbons (Fsp3) is 0.238. The molecule has 2 aliphatic rings. The third-order valence-electron chi connectivity index (χ3n) is 6.05. The first-order valence-electron chi connectivity index (χ1n) is 10.9. The van der Waals surface area contributed by atoms with Gasteiger partial charge < -0.3 is 14.5 Å². The zero-order valence-electron chi connectivity index (χ0n) is 18.5. The number of hydrogen-bond donors (Lipinski definition) is 2. The fourth-order valence-corrected chi connectivity index (χ4v) is 4.75. The fourth-order valence-electron chi connectivity index (χ4n) is 4.45. The number of fused-ring (bicyclic) bond motifs is 3. The van der Waals surface area contributed by atoms with Gasteiger partial charge in [0, 0.05) is 18.0 Å². The summed E-state index contributed by atoms with van der Waals surface area (Å²) in [5.74, 6) is 0.481. The van der Waals surface area contributed by atoms with E-state index in [1.54, 1.807) is 34.2 Å². The van der Waals surface area contributed by atoms with Crippen LogP contribution in [0.25, 0.3) is 16.9 Å². The minimum atomic E-state index is -4.59. The van der Waals surface area contributed by atoms with Crippen LogP contribution < -0.4 is 4.90 Å². The molecule has 2 aliphatic heterocycles. The minimum absolute atomic E-state index is 0.108. The number of phosphoric ester groups is 1. The first-order valence-corrected chi connectivity index (χ1v) is 12.4. The highest BCUT2D eigenvalue weighted by molar-refractivity contribution is 7.46. The normalized spacial score (nSPS) is 18.8. The third-order valence-corrected chi connectivity index (χ3v) is 6.52. The van der Waals surface area contributed by atoms with E-state index in [0.29, 0.717) is 18.8 Å². The van der Waals surface area contributed by atoms with Crippen LogP contribution in [0.5, 0.6) is 0 Å². The van der Waals surface area contributed by atoms with Crippen LogP contribution in [-0.2, 0) is 33.4 Å². The lowest BCUT2D eigenvalue weighted by atomic mass is 10.0. The van der Waals surface area contributed by atoms with E-state index in [1.807, 2.05) is 18.2 Å². The van der Waals surface area contributed by atoms with Gasteiger partial charge in [-0.25, -0.2) is 23.7 Å². The maximum absolute atomic E-state index is 12.6. The van der Waals surface area contributed by atoms with Crippen LogP contribution in [0, 0.1) is 0 Å². The number of nitrogens with zero attached hydrogens (tertiary/aromatic N) is 8. The van der Waals surface area contributed by atoms with E-state index in [9.17, 15) is 9.36 Å². The van der Waals surface area contributed by atoms with Crippen LogP contribution in [0.1, 0.15) is 11.3 Å². The molecule has 1 aromatic carbocycles. The van der Waals surface area contributed by atoms with Gasteiger partial charge >= 0.3 is 13.9 Å². The second-order valence-electron chi connectivity index (χ2n) is 8.36. The molecule has 6 rings (SSSR count). The Bertz CT molecular complexity index is 1470. The maximum atomic E-state index is 12.6. The second kappa shape index (κ2) is 8.60. The molecule has 3 aromatic heterocycles. The standard InChI is InChI=1S/C21H19N8O6P/c30-21-29-17-3-1-13(7-15(17)8-18(29)19(35-21)11-27-6-5-23-25-27)14-2-4-20(22-9-14)28-10-16(24-26-28)12-34-36(31,32)33/h1-7,9-10,18-19H,8,11-12H2,(H2,31,32,33)/t18-,19-/m0/s1. The molecule has 36 heavy (non-hydrogen) atoms. The number of amides is 1. The molecule has 0 spiro atoms. The largest absolute Gasteiger partial charge is 0.469 e. The molecule has 1 amide bonds. The number of ether oxygens (including phenoxy) is 1. The van der Waals surface area contributed by atoms with Crippen molar-refractivity contribution in [3.8, 4) is 16.9 Å². The Kier molecular flexibility index (Phi) is 5.38. The van der Waals surface area contributed by atoms with Crippen molar-refractivity contribution in [1.29, 1.82) is 0 Å². The average Bonchev–Trinajstić information content (AvgIpc) is 3.64. The van der Waals surface area contributed by atoms with Gasteiger partial charge in [0.2, 0.25) is 0 Å². The molecule has 2 N–H and O–H groups in total. The van der Waals surface area contributed by atoms with E-state index in [1.165, 1.54) is 10.9 Å². The highest BCUT2D eigenvalue weighted by Crippen LogP contribution is 2.41. The molecule has 0 radical (unpaired) electrons. The molecular formula is C21H19N8O6P. The topological polar surface area (TPSA) is 171 Å². The number of carbonyl (C=O) groups is 1. The Labute approximate surface area is 203 Å². The van der Waals surface area contributed by atoms with E-state index in [4.69, 9.17) is 14.5 Å². The summed E-state index contributed by atoms with van der Waals surface area (Å²) in [5, 5.41) is 15.5. The van der Waals surface area contributed by atoms with Crippen molar-refractivity contribution >= 4 is 19.6 Å². The maximum Gasteiger partial charge on any atom is 0.469 e. The zero-order valence-corrected chi connectivity index (χ0v) is 19.4. The van der Waals surface area contributed by atoms with Gasteiger partial charge in [0.1, 0.15) is 18.4 Å². The first-order chi connectivity index (χ1) is 17.3. The van der Waals surface area contributed by atoms with Crippen LogP contribution in [0.3, 0.4) is 0 Å². The Balaban J connectivity index is 1.18. The van der Waals surface area contributed by atoms with Gasteiger partial charge in [-0.05, 0) is 41.8 Å². The van der Waals surface area contributed by atoms with Gasteiger partial charge in [0.15, 0.2) is 5.82 Å². The molecule has 4 aromatic rings. The Morgan fingerprint density at radius 2 is 2.03 bits per heavy atom. The van der Waals surface area contributed by atoms with Gasteiger partial charge in [-0.3, -0.25) is 9.42 Å². The lowest BCUT2D eigenvalue weighted by Crippen LogP contribution is -2.35. The summed E-state index contributed by atoms with van der Waals surface area (Å²) in [4.78, 5) is 36.3. The lowest BCUT2D eigenvalue weighted by molar-refractivity contribution is 0.117. The molecule has 2 atom stereocenters. The number of hydrogen-bond acceptors (Lipinski definition) is 9. The predicted molar refractivity (Wildman–Crippen MR) is 122 cm³/mol. The summed E-state index contributed by atoms with van der Waals surface area (Å²) < 4.78 is 23.9. The average molecular weight is 510 g/mol. The quantitative estimate of drug-likeness (QED) is 0.345. The number of anilines is 1. The highest BCUT2D eigenvalue weighted by atomic mass is 31.2. The molecule has 0 unspecified atom stereocenters. The van der Waals surface area contributed by atoms with Crippen molar-refractivity contribution in [2.75, 3.05) is 4.90 Å². The van der Waals surface area contributed by atoms with Crippen LogP contribution in [0.15, 0.2) is 55.1 Å². The second-order valence-corrected chi connectivity index (χ2v) is 9.60. The van der Waals surface area contributed by atoms with Crippen molar-refractivity contribution in [2.45, 2.75) is 31.7 Å². The molecule has 184 valence electrons. The number of phosphoric acid groups is 1. The smallest absolute Gasteiger partial charge is 0.442 e. The predicted octanol–water partition coefficient (Wildman–Crippen LogP) is 1.48. The van der Waals surface area contributed by atoms with Crippen molar-refractivity contribution < 1.29 is 28.4 Å². The molecule has 0 aliphatic carbocycles. The summed E-state index contributed by atoms with van der Waals surface area (Å²) in [7, 11) is -4.59. The number of cyclic esters (lactones) is 1. The Morgan fingerprint density at radius 3 is 2.78 bits per heavy atom. The van der Waals surface area contributed by atoms with E-state index >= 15 is 0 Å². The van der Waals surface area contributed by atoms with E-state index in [0.717, 1.165) is 22.4 Å². The number of pyridine rings is 1. The third kappa shape index (κ3) is 4.27. The molecule has 15 heteroatoms. The van der Waals surface area contributed by atoms with Gasteiger partial charge in [0.05, 0.1) is 30.7 Å². The van der Waals surface area contributed by atoms with Crippen LogP contribution >= 0.6 is 7.82 Å². The van der Waals surface area contributed by atoms with Gasteiger partial charge in [-0.15, -0.1) is 10.2 Å². The minimum Gasteiger partial charge on any atom is -0.442 e. The van der Waals surface area contributed by atoms with Crippen molar-refractivity contribution in [1.82, 2.24) is 35.0 Å². The summed E-state index contributed by atoms with van der Waals surface area (Å²) in [6, 6.07) is 9.44. The Hall–Kier alpha value is -3.97. The number of benzene rings is 1. The van der Waals surface area contributed by atoms with Crippen LogP contribution in [0.4, 0.5) is 10.5 Å². The van der Waals surface area contributed by atoms with Crippen molar-refractivity contribution in [3.63, 3.8) is 0 Å². The molecule has 0 saturated carbocycles. The molecule has 14 nitrogen and oxygen atoms in total. The van der Waals surface area contributed by atoms with Crippen molar-refractivity contribution in [3.05, 3.63) is 66.4 Å².